The molecule has 3 aromatic carbocycles. The first-order valence-corrected chi connectivity index (χ1v) is 11.0. The van der Waals surface area contributed by atoms with Crippen molar-refractivity contribution in [2.45, 2.75) is 19.4 Å². The maximum absolute atomic E-state index is 11.6. The normalized spacial score (nSPS) is 10.5. The second kappa shape index (κ2) is 9.92. The number of amides is 1. The number of hydrogen-bond acceptors (Lipinski definition) is 4. The van der Waals surface area contributed by atoms with Crippen LogP contribution in [0.5, 0.6) is 5.75 Å². The Kier molecular flexibility index (Phi) is 6.61. The molecule has 31 heavy (non-hydrogen) atoms. The molecular formula is C26H22N2O2S. The van der Waals surface area contributed by atoms with Crippen molar-refractivity contribution >= 4 is 27.3 Å². The van der Waals surface area contributed by atoms with Crippen LogP contribution in [0.2, 0.25) is 0 Å². The van der Waals surface area contributed by atoms with Crippen LogP contribution in [0, 0.1) is 11.3 Å². The Morgan fingerprint density at radius 3 is 2.68 bits per heavy atom. The van der Waals surface area contributed by atoms with Gasteiger partial charge in [-0.3, -0.25) is 4.79 Å². The number of nitriles is 1. The Bertz CT molecular complexity index is 1220. The maximum atomic E-state index is 11.6. The smallest absolute Gasteiger partial charge is 0.221 e. The van der Waals surface area contributed by atoms with Gasteiger partial charge in [0.1, 0.15) is 18.9 Å². The molecule has 1 N–H and O–H groups in total. The van der Waals surface area contributed by atoms with E-state index < -0.39 is 0 Å². The first kappa shape index (κ1) is 20.6. The second-order valence-electron chi connectivity index (χ2n) is 7.21. The van der Waals surface area contributed by atoms with Gasteiger partial charge >= 0.3 is 0 Å². The van der Waals surface area contributed by atoms with E-state index in [2.05, 4.69) is 59.2 Å². The van der Waals surface area contributed by atoms with Gasteiger partial charge in [0.25, 0.3) is 0 Å². The molecule has 4 nitrogen and oxygen atoms in total. The standard InChI is InChI=1S/C26H22N2O2S/c27-14-15-28-26(29)13-10-19-8-11-22(12-9-19)30-17-20-4-3-5-21(16-20)24-18-31-25-7-2-1-6-23(24)25/h1-9,11-12,16,18H,10,13,15,17H2,(H,28,29). The zero-order chi connectivity index (χ0) is 21.5. The summed E-state index contributed by atoms with van der Waals surface area (Å²) in [5.74, 6) is 0.684. The SMILES string of the molecule is N#CCNC(=O)CCc1ccc(OCc2cccc(-c3csc4ccccc34)c2)cc1. The van der Waals surface area contributed by atoms with Crippen LogP contribution in [0.1, 0.15) is 17.5 Å². The lowest BCUT2D eigenvalue weighted by atomic mass is 10.0. The van der Waals surface area contributed by atoms with Gasteiger partial charge in [-0.15, -0.1) is 11.3 Å². The lowest BCUT2D eigenvalue weighted by Gasteiger charge is -2.09. The summed E-state index contributed by atoms with van der Waals surface area (Å²) in [6, 6.07) is 26.6. The molecule has 0 aliphatic carbocycles. The zero-order valence-corrected chi connectivity index (χ0v) is 17.8. The summed E-state index contributed by atoms with van der Waals surface area (Å²) in [6.07, 6.45) is 1.00. The van der Waals surface area contributed by atoms with Gasteiger partial charge in [-0.25, -0.2) is 0 Å². The lowest BCUT2D eigenvalue weighted by Crippen LogP contribution is -2.23. The third-order valence-electron chi connectivity index (χ3n) is 5.05. The molecule has 0 saturated heterocycles. The highest BCUT2D eigenvalue weighted by atomic mass is 32.1. The summed E-state index contributed by atoms with van der Waals surface area (Å²) in [5, 5.41) is 14.5. The lowest BCUT2D eigenvalue weighted by molar-refractivity contribution is -0.120. The Balaban J connectivity index is 1.36. The van der Waals surface area contributed by atoms with Crippen LogP contribution in [-0.4, -0.2) is 12.5 Å². The summed E-state index contributed by atoms with van der Waals surface area (Å²) in [7, 11) is 0. The van der Waals surface area contributed by atoms with Gasteiger partial charge in [-0.1, -0.05) is 48.5 Å². The Morgan fingerprint density at radius 1 is 1.00 bits per heavy atom. The number of thiophene rings is 1. The van der Waals surface area contributed by atoms with Crippen LogP contribution in [0.4, 0.5) is 0 Å². The van der Waals surface area contributed by atoms with Crippen molar-refractivity contribution in [3.05, 3.63) is 89.3 Å². The van der Waals surface area contributed by atoms with Gasteiger partial charge < -0.3 is 10.1 Å². The van der Waals surface area contributed by atoms with E-state index in [9.17, 15) is 4.79 Å². The van der Waals surface area contributed by atoms with E-state index in [1.165, 1.54) is 21.2 Å². The van der Waals surface area contributed by atoms with E-state index in [4.69, 9.17) is 10.00 Å². The fourth-order valence-electron chi connectivity index (χ4n) is 3.43. The van der Waals surface area contributed by atoms with E-state index in [1.54, 1.807) is 11.3 Å². The molecule has 0 spiro atoms. The maximum Gasteiger partial charge on any atom is 0.221 e. The summed E-state index contributed by atoms with van der Waals surface area (Å²) in [5.41, 5.74) is 4.63. The molecule has 0 atom stereocenters. The van der Waals surface area contributed by atoms with E-state index in [0.717, 1.165) is 16.9 Å². The summed E-state index contributed by atoms with van der Waals surface area (Å²) < 4.78 is 7.27. The first-order chi connectivity index (χ1) is 15.2. The number of nitrogens with one attached hydrogen (secondary N) is 1. The second-order valence-corrected chi connectivity index (χ2v) is 8.12. The summed E-state index contributed by atoms with van der Waals surface area (Å²) in [4.78, 5) is 11.6. The van der Waals surface area contributed by atoms with Crippen LogP contribution in [0.3, 0.4) is 0 Å². The molecule has 4 rings (SSSR count). The highest BCUT2D eigenvalue weighted by Crippen LogP contribution is 2.34. The van der Waals surface area contributed by atoms with Gasteiger partial charge in [0.2, 0.25) is 5.91 Å². The van der Waals surface area contributed by atoms with Crippen molar-refractivity contribution in [3.63, 3.8) is 0 Å². The molecule has 5 heteroatoms. The predicted molar refractivity (Wildman–Crippen MR) is 125 cm³/mol. The molecule has 0 unspecified atom stereocenters. The zero-order valence-electron chi connectivity index (χ0n) is 17.0. The third kappa shape index (κ3) is 5.30. The molecule has 154 valence electrons. The van der Waals surface area contributed by atoms with E-state index in [1.807, 2.05) is 30.3 Å². The number of ether oxygens (including phenoxy) is 1. The Morgan fingerprint density at radius 2 is 1.84 bits per heavy atom. The molecule has 0 radical (unpaired) electrons. The van der Waals surface area contributed by atoms with Crippen LogP contribution in [0.15, 0.2) is 78.2 Å². The molecular weight excluding hydrogens is 404 g/mol. The largest absolute Gasteiger partial charge is 0.489 e. The van der Waals surface area contributed by atoms with Crippen LogP contribution in [-0.2, 0) is 17.8 Å². The van der Waals surface area contributed by atoms with Gasteiger partial charge in [-0.05, 0) is 52.8 Å². The van der Waals surface area contributed by atoms with Gasteiger partial charge in [0.05, 0.1) is 6.07 Å². The van der Waals surface area contributed by atoms with E-state index >= 15 is 0 Å². The number of benzene rings is 3. The fourth-order valence-corrected chi connectivity index (χ4v) is 4.40. The van der Waals surface area contributed by atoms with E-state index in [0.29, 0.717) is 19.4 Å². The third-order valence-corrected chi connectivity index (χ3v) is 6.02. The van der Waals surface area contributed by atoms with Crippen molar-refractivity contribution in [2.24, 2.45) is 0 Å². The van der Waals surface area contributed by atoms with Gasteiger partial charge in [0, 0.05) is 22.1 Å². The van der Waals surface area contributed by atoms with Crippen molar-refractivity contribution in [1.29, 1.82) is 5.26 Å². The predicted octanol–water partition coefficient (Wildman–Crippen LogP) is 5.72. The number of carbonyl (C=O) groups is 1. The highest BCUT2D eigenvalue weighted by Gasteiger charge is 2.07. The minimum atomic E-state index is -0.111. The molecule has 1 amide bonds. The van der Waals surface area contributed by atoms with Crippen molar-refractivity contribution in [1.82, 2.24) is 5.32 Å². The molecule has 0 bridgehead atoms. The average molecular weight is 427 g/mol. The molecule has 0 fully saturated rings. The summed E-state index contributed by atoms with van der Waals surface area (Å²) in [6.45, 7) is 0.543. The molecule has 0 aliphatic heterocycles. The van der Waals surface area contributed by atoms with Crippen molar-refractivity contribution in [3.8, 4) is 22.9 Å². The summed E-state index contributed by atoms with van der Waals surface area (Å²) >= 11 is 1.77. The first-order valence-electron chi connectivity index (χ1n) is 10.1. The minimum absolute atomic E-state index is 0.0510. The molecule has 0 aliphatic rings. The van der Waals surface area contributed by atoms with Gasteiger partial charge in [0.15, 0.2) is 0 Å². The quantitative estimate of drug-likeness (QED) is 0.367. The monoisotopic (exact) mass is 426 g/mol. The van der Waals surface area contributed by atoms with Crippen LogP contribution in [0.25, 0.3) is 21.2 Å². The van der Waals surface area contributed by atoms with Gasteiger partial charge in [-0.2, -0.15) is 5.26 Å². The number of carbonyl (C=O) groups excluding carboxylic acids is 1. The fraction of sp³-hybridized carbons (Fsp3) is 0.154. The number of rotatable bonds is 8. The Labute approximate surface area is 185 Å². The van der Waals surface area contributed by atoms with E-state index in [-0.39, 0.29) is 12.5 Å². The van der Waals surface area contributed by atoms with Crippen molar-refractivity contribution < 1.29 is 9.53 Å². The average Bonchev–Trinajstić information content (AvgIpc) is 3.25. The van der Waals surface area contributed by atoms with Crippen molar-refractivity contribution in [2.75, 3.05) is 6.54 Å². The minimum Gasteiger partial charge on any atom is -0.489 e. The Hall–Kier alpha value is -3.62. The number of hydrogen-bond donors (Lipinski definition) is 1. The van der Waals surface area contributed by atoms with Crippen LogP contribution < -0.4 is 10.1 Å². The number of aryl methyl sites for hydroxylation is 1. The molecule has 1 aromatic heterocycles. The molecule has 0 saturated carbocycles. The number of fused-ring (bicyclic) bond motifs is 1. The van der Waals surface area contributed by atoms with Crippen LogP contribution >= 0.6 is 11.3 Å². The number of nitrogens with zero attached hydrogens (tertiary/aromatic N) is 1. The highest BCUT2D eigenvalue weighted by molar-refractivity contribution is 7.17. The molecule has 4 aromatic rings. The molecule has 1 heterocycles. The topological polar surface area (TPSA) is 62.1 Å².